The molecule has 46 valence electrons. The Morgan fingerprint density at radius 1 is 1.11 bits per heavy atom. The van der Waals surface area contributed by atoms with Crippen molar-refractivity contribution in [2.24, 2.45) is 0 Å². The zero-order valence-electron chi connectivity index (χ0n) is 5.43. The van der Waals surface area contributed by atoms with Crippen LogP contribution in [-0.4, -0.2) is 0 Å². The second kappa shape index (κ2) is 2.49. The monoisotopic (exact) mass is 118 g/mol. The summed E-state index contributed by atoms with van der Waals surface area (Å²) < 4.78 is 0. The van der Waals surface area contributed by atoms with E-state index in [0.29, 0.717) is 0 Å². The van der Waals surface area contributed by atoms with Crippen molar-refractivity contribution in [2.45, 2.75) is 6.42 Å². The number of allylic oxidation sites excluding steroid dienone is 6. The van der Waals surface area contributed by atoms with Gasteiger partial charge in [0, 0.05) is 0 Å². The van der Waals surface area contributed by atoms with E-state index in [0.717, 1.165) is 6.42 Å². The molecule has 0 heterocycles. The fraction of sp³-hybridized carbons (Fsp3) is 0.111. The van der Waals surface area contributed by atoms with E-state index in [-0.39, 0.29) is 0 Å². The Bertz CT molecular complexity index is 170. The highest BCUT2D eigenvalue weighted by Crippen LogP contribution is 2.19. The van der Waals surface area contributed by atoms with Gasteiger partial charge in [0.25, 0.3) is 0 Å². The van der Waals surface area contributed by atoms with Gasteiger partial charge in [0.2, 0.25) is 0 Å². The van der Waals surface area contributed by atoms with Crippen molar-refractivity contribution < 1.29 is 0 Å². The highest BCUT2D eigenvalue weighted by Gasteiger charge is 2.00. The van der Waals surface area contributed by atoms with Crippen LogP contribution in [0.4, 0.5) is 0 Å². The van der Waals surface area contributed by atoms with E-state index in [9.17, 15) is 0 Å². The number of hydrogen-bond acceptors (Lipinski definition) is 0. The molecule has 0 amide bonds. The molecule has 0 nitrogen and oxygen atoms in total. The third kappa shape index (κ3) is 1.02. The molecule has 0 fully saturated rings. The molecule has 0 aromatic heterocycles. The summed E-state index contributed by atoms with van der Waals surface area (Å²) in [6.07, 6.45) is 9.04. The molecular formula is C9H10. The molecule has 0 spiro atoms. The van der Waals surface area contributed by atoms with Crippen molar-refractivity contribution in [3.63, 3.8) is 0 Å². The van der Waals surface area contributed by atoms with E-state index in [4.69, 9.17) is 0 Å². The average molecular weight is 118 g/mol. The Hall–Kier alpha value is -1.04. The first-order chi connectivity index (χ1) is 4.38. The molecule has 0 unspecified atom stereocenters. The molecule has 0 atom stereocenters. The van der Waals surface area contributed by atoms with Gasteiger partial charge in [-0.05, 0) is 17.6 Å². The Morgan fingerprint density at radius 2 is 1.56 bits per heavy atom. The zero-order chi connectivity index (χ0) is 6.69. The summed E-state index contributed by atoms with van der Waals surface area (Å²) in [6.45, 7) is 7.37. The fourth-order valence-electron chi connectivity index (χ4n) is 0.951. The van der Waals surface area contributed by atoms with Crippen LogP contribution in [0.1, 0.15) is 6.42 Å². The highest BCUT2D eigenvalue weighted by atomic mass is 14.0. The molecule has 1 aliphatic rings. The summed E-state index contributed by atoms with van der Waals surface area (Å²) >= 11 is 0. The van der Waals surface area contributed by atoms with Gasteiger partial charge < -0.3 is 0 Å². The lowest BCUT2D eigenvalue weighted by atomic mass is 10.1. The SMILES string of the molecule is C=CC1=CCC=C1C=C. The predicted molar refractivity (Wildman–Crippen MR) is 41.2 cm³/mol. The number of hydrogen-bond donors (Lipinski definition) is 0. The maximum Gasteiger partial charge on any atom is -0.0151 e. The van der Waals surface area contributed by atoms with Crippen molar-refractivity contribution in [1.29, 1.82) is 0 Å². The van der Waals surface area contributed by atoms with Crippen molar-refractivity contribution in [1.82, 2.24) is 0 Å². The van der Waals surface area contributed by atoms with Gasteiger partial charge in [0.05, 0.1) is 0 Å². The van der Waals surface area contributed by atoms with Crippen molar-refractivity contribution in [3.8, 4) is 0 Å². The van der Waals surface area contributed by atoms with E-state index < -0.39 is 0 Å². The summed E-state index contributed by atoms with van der Waals surface area (Å²) in [5.74, 6) is 0. The van der Waals surface area contributed by atoms with Crippen molar-refractivity contribution in [2.75, 3.05) is 0 Å². The lowest BCUT2D eigenvalue weighted by Crippen LogP contribution is -1.73. The van der Waals surface area contributed by atoms with E-state index >= 15 is 0 Å². The molecule has 1 rings (SSSR count). The Kier molecular flexibility index (Phi) is 1.69. The lowest BCUT2D eigenvalue weighted by molar-refractivity contribution is 1.44. The maximum absolute atomic E-state index is 3.68. The van der Waals surface area contributed by atoms with Gasteiger partial charge in [0.15, 0.2) is 0 Å². The Morgan fingerprint density at radius 3 is 1.89 bits per heavy atom. The van der Waals surface area contributed by atoms with Gasteiger partial charge in [-0.2, -0.15) is 0 Å². The van der Waals surface area contributed by atoms with Crippen LogP contribution in [0.15, 0.2) is 48.6 Å². The molecule has 0 heteroatoms. The summed E-state index contributed by atoms with van der Waals surface area (Å²) in [7, 11) is 0. The first-order valence-corrected chi connectivity index (χ1v) is 3.04. The first kappa shape index (κ1) is 6.09. The van der Waals surface area contributed by atoms with Gasteiger partial charge >= 0.3 is 0 Å². The molecule has 0 saturated carbocycles. The second-order valence-electron chi connectivity index (χ2n) is 1.96. The van der Waals surface area contributed by atoms with E-state index in [1.54, 1.807) is 0 Å². The quantitative estimate of drug-likeness (QED) is 0.523. The molecule has 0 aromatic carbocycles. The summed E-state index contributed by atoms with van der Waals surface area (Å²) in [6, 6.07) is 0. The number of rotatable bonds is 2. The van der Waals surface area contributed by atoms with Crippen molar-refractivity contribution >= 4 is 0 Å². The van der Waals surface area contributed by atoms with E-state index in [2.05, 4.69) is 25.3 Å². The Balaban J connectivity index is 2.85. The maximum atomic E-state index is 3.68. The molecule has 9 heavy (non-hydrogen) atoms. The standard InChI is InChI=1S/C9H10/c1-3-8-6-5-7-9(8)4-2/h3-4,6-7H,1-2,5H2. The molecule has 0 aliphatic heterocycles. The van der Waals surface area contributed by atoms with Crippen LogP contribution in [0, 0.1) is 0 Å². The fourth-order valence-corrected chi connectivity index (χ4v) is 0.951. The third-order valence-corrected chi connectivity index (χ3v) is 1.45. The van der Waals surface area contributed by atoms with Gasteiger partial charge in [-0.1, -0.05) is 37.5 Å². The van der Waals surface area contributed by atoms with Crippen LogP contribution in [0.25, 0.3) is 0 Å². The molecule has 1 aliphatic carbocycles. The zero-order valence-corrected chi connectivity index (χ0v) is 5.43. The minimum atomic E-state index is 1.03. The van der Waals surface area contributed by atoms with E-state index in [1.807, 2.05) is 12.2 Å². The van der Waals surface area contributed by atoms with Crippen LogP contribution in [-0.2, 0) is 0 Å². The molecule has 0 radical (unpaired) electrons. The van der Waals surface area contributed by atoms with Gasteiger partial charge in [-0.15, -0.1) is 0 Å². The van der Waals surface area contributed by atoms with Crippen LogP contribution >= 0.6 is 0 Å². The highest BCUT2D eigenvalue weighted by molar-refractivity contribution is 5.49. The van der Waals surface area contributed by atoms with Crippen LogP contribution in [0.5, 0.6) is 0 Å². The minimum Gasteiger partial charge on any atom is -0.0985 e. The molecule has 0 bridgehead atoms. The second-order valence-corrected chi connectivity index (χ2v) is 1.96. The summed E-state index contributed by atoms with van der Waals surface area (Å²) in [4.78, 5) is 0. The van der Waals surface area contributed by atoms with Gasteiger partial charge in [0.1, 0.15) is 0 Å². The van der Waals surface area contributed by atoms with Crippen molar-refractivity contribution in [3.05, 3.63) is 48.6 Å². The molecule has 0 aromatic rings. The van der Waals surface area contributed by atoms with Gasteiger partial charge in [-0.3, -0.25) is 0 Å². The van der Waals surface area contributed by atoms with Crippen LogP contribution < -0.4 is 0 Å². The largest absolute Gasteiger partial charge is 0.0985 e. The normalized spacial score (nSPS) is 16.4. The smallest absolute Gasteiger partial charge is 0.0151 e. The topological polar surface area (TPSA) is 0 Å². The lowest BCUT2D eigenvalue weighted by Gasteiger charge is -1.92. The van der Waals surface area contributed by atoms with Crippen LogP contribution in [0.2, 0.25) is 0 Å². The Labute approximate surface area is 55.9 Å². The predicted octanol–water partition coefficient (Wildman–Crippen LogP) is 2.61. The summed E-state index contributed by atoms with van der Waals surface area (Å²) in [5.41, 5.74) is 2.43. The van der Waals surface area contributed by atoms with Crippen LogP contribution in [0.3, 0.4) is 0 Å². The minimum absolute atomic E-state index is 1.03. The van der Waals surface area contributed by atoms with E-state index in [1.165, 1.54) is 11.1 Å². The molecule has 0 saturated heterocycles. The average Bonchev–Trinajstić information content (AvgIpc) is 2.33. The molecular weight excluding hydrogens is 108 g/mol. The third-order valence-electron chi connectivity index (χ3n) is 1.45. The first-order valence-electron chi connectivity index (χ1n) is 3.04. The summed E-state index contributed by atoms with van der Waals surface area (Å²) in [5, 5.41) is 0. The van der Waals surface area contributed by atoms with Gasteiger partial charge in [-0.25, -0.2) is 0 Å². The molecule has 0 N–H and O–H groups in total.